The van der Waals surface area contributed by atoms with E-state index in [-0.39, 0.29) is 5.41 Å². The van der Waals surface area contributed by atoms with Gasteiger partial charge in [-0.2, -0.15) is 0 Å². The Morgan fingerprint density at radius 2 is 2.00 bits per heavy atom. The summed E-state index contributed by atoms with van der Waals surface area (Å²) in [5.74, 6) is 2.31. The molecule has 0 radical (unpaired) electrons. The second kappa shape index (κ2) is 7.65. The number of methoxy groups -OCH3 is 1. The minimum Gasteiger partial charge on any atom is -0.493 e. The Hall–Kier alpha value is -1.75. The Bertz CT molecular complexity index is 638. The number of ether oxygens (including phenoxy) is 2. The summed E-state index contributed by atoms with van der Waals surface area (Å²) in [5.41, 5.74) is 8.35. The number of nitrogens with zero attached hydrogens (tertiary/aromatic N) is 2. The van der Waals surface area contributed by atoms with E-state index in [0.29, 0.717) is 6.61 Å². The highest BCUT2D eigenvalue weighted by Crippen LogP contribution is 2.53. The highest BCUT2D eigenvalue weighted by atomic mass is 16.5. The van der Waals surface area contributed by atoms with Crippen LogP contribution in [0.5, 0.6) is 11.5 Å². The van der Waals surface area contributed by atoms with E-state index in [1.54, 1.807) is 7.11 Å². The van der Waals surface area contributed by atoms with Crippen molar-refractivity contribution in [3.05, 3.63) is 17.7 Å². The zero-order valence-electron chi connectivity index (χ0n) is 15.8. The Labute approximate surface area is 151 Å². The molecule has 1 heterocycles. The average molecular weight is 345 g/mol. The van der Waals surface area contributed by atoms with E-state index in [0.717, 1.165) is 61.9 Å². The molecule has 1 saturated carbocycles. The van der Waals surface area contributed by atoms with E-state index in [1.165, 1.54) is 18.4 Å². The molecule has 0 bridgehead atoms. The van der Waals surface area contributed by atoms with Gasteiger partial charge in [0.2, 0.25) is 0 Å². The largest absolute Gasteiger partial charge is 0.493 e. The molecular formula is C20H31N3O2. The monoisotopic (exact) mass is 345 g/mol. The van der Waals surface area contributed by atoms with Crippen LogP contribution in [0.4, 0.5) is 5.69 Å². The summed E-state index contributed by atoms with van der Waals surface area (Å²) < 4.78 is 11.6. The van der Waals surface area contributed by atoms with Crippen LogP contribution < -0.4 is 15.2 Å². The fourth-order valence-electron chi connectivity index (χ4n) is 3.94. The molecule has 1 fully saturated rings. The number of amidine groups is 1. The van der Waals surface area contributed by atoms with E-state index in [9.17, 15) is 0 Å². The maximum Gasteiger partial charge on any atom is 0.162 e. The van der Waals surface area contributed by atoms with Crippen LogP contribution in [0.2, 0.25) is 0 Å². The van der Waals surface area contributed by atoms with Crippen LogP contribution in [-0.2, 0) is 5.41 Å². The topological polar surface area (TPSA) is 60.1 Å². The molecular weight excluding hydrogens is 314 g/mol. The van der Waals surface area contributed by atoms with Gasteiger partial charge in [-0.1, -0.05) is 20.3 Å². The molecule has 1 aromatic rings. The first kappa shape index (κ1) is 18.1. The average Bonchev–Trinajstić information content (AvgIpc) is 2.87. The predicted molar refractivity (Wildman–Crippen MR) is 102 cm³/mol. The number of aliphatic imine (C=N–C) groups is 1. The molecule has 2 aliphatic rings. The smallest absolute Gasteiger partial charge is 0.162 e. The Morgan fingerprint density at radius 1 is 1.20 bits per heavy atom. The number of fused-ring (bicyclic) bond motifs is 2. The number of rotatable bonds is 9. The maximum absolute atomic E-state index is 6.23. The predicted octanol–water partition coefficient (Wildman–Crippen LogP) is 3.62. The van der Waals surface area contributed by atoms with Gasteiger partial charge < -0.3 is 20.1 Å². The Balaban J connectivity index is 1.67. The first-order chi connectivity index (χ1) is 12.1. The van der Waals surface area contributed by atoms with Gasteiger partial charge in [-0.3, -0.25) is 0 Å². The minimum atomic E-state index is -0.0418. The van der Waals surface area contributed by atoms with Crippen molar-refractivity contribution in [2.45, 2.75) is 51.4 Å². The molecule has 0 atom stereocenters. The van der Waals surface area contributed by atoms with Crippen LogP contribution in [0.25, 0.3) is 0 Å². The normalized spacial score (nSPS) is 17.4. The number of nitrogens with two attached hydrogens (primary N) is 1. The molecule has 25 heavy (non-hydrogen) atoms. The van der Waals surface area contributed by atoms with Gasteiger partial charge >= 0.3 is 0 Å². The molecule has 1 aliphatic heterocycles. The summed E-state index contributed by atoms with van der Waals surface area (Å²) >= 11 is 0. The lowest BCUT2D eigenvalue weighted by atomic mass is 9.64. The summed E-state index contributed by atoms with van der Waals surface area (Å²) in [4.78, 5) is 7.04. The lowest BCUT2D eigenvalue weighted by Crippen LogP contribution is -2.44. The van der Waals surface area contributed by atoms with E-state index < -0.39 is 0 Å². The van der Waals surface area contributed by atoms with Crippen molar-refractivity contribution >= 4 is 11.5 Å². The number of hydrogen-bond acceptors (Lipinski definition) is 5. The highest BCUT2D eigenvalue weighted by molar-refractivity contribution is 6.00. The Morgan fingerprint density at radius 3 is 2.60 bits per heavy atom. The minimum absolute atomic E-state index is 0.0418. The lowest BCUT2D eigenvalue weighted by molar-refractivity contribution is 0.236. The molecule has 0 aromatic heterocycles. The van der Waals surface area contributed by atoms with E-state index in [1.807, 2.05) is 6.07 Å². The fourth-order valence-corrected chi connectivity index (χ4v) is 3.94. The first-order valence-electron chi connectivity index (χ1n) is 9.57. The van der Waals surface area contributed by atoms with Crippen LogP contribution in [-0.4, -0.2) is 44.1 Å². The second-order valence-electron chi connectivity index (χ2n) is 7.09. The SMILES string of the molecule is CCCN(CC)CCCOc1cc2c(cc1OC)N=C(N)C21CCC1. The van der Waals surface area contributed by atoms with Crippen molar-refractivity contribution in [2.24, 2.45) is 10.7 Å². The molecule has 0 amide bonds. The number of benzene rings is 1. The van der Waals surface area contributed by atoms with Gasteiger partial charge in [0, 0.05) is 12.6 Å². The standard InChI is InChI=1S/C20H31N3O2/c1-4-10-23(5-2)11-7-12-25-18-13-15-16(14-17(18)24-3)22-19(21)20(15)8-6-9-20/h13-14H,4-12H2,1-3H3,(H2,21,22). The summed E-state index contributed by atoms with van der Waals surface area (Å²) in [5, 5.41) is 0. The zero-order chi connectivity index (χ0) is 17.9. The Kier molecular flexibility index (Phi) is 5.52. The summed E-state index contributed by atoms with van der Waals surface area (Å²) in [7, 11) is 1.68. The lowest BCUT2D eigenvalue weighted by Gasteiger charge is -2.39. The molecule has 0 saturated heterocycles. The van der Waals surface area contributed by atoms with Crippen molar-refractivity contribution in [3.8, 4) is 11.5 Å². The zero-order valence-corrected chi connectivity index (χ0v) is 15.8. The van der Waals surface area contributed by atoms with Gasteiger partial charge in [0.25, 0.3) is 0 Å². The van der Waals surface area contributed by atoms with Crippen LogP contribution in [0.1, 0.15) is 51.5 Å². The van der Waals surface area contributed by atoms with Gasteiger partial charge in [-0.15, -0.1) is 0 Å². The highest BCUT2D eigenvalue weighted by Gasteiger charge is 2.47. The van der Waals surface area contributed by atoms with E-state index >= 15 is 0 Å². The van der Waals surface area contributed by atoms with Crippen molar-refractivity contribution < 1.29 is 9.47 Å². The van der Waals surface area contributed by atoms with Crippen LogP contribution in [0.3, 0.4) is 0 Å². The van der Waals surface area contributed by atoms with Crippen LogP contribution >= 0.6 is 0 Å². The third-order valence-electron chi connectivity index (χ3n) is 5.60. The van der Waals surface area contributed by atoms with Gasteiger partial charge in [-0.25, -0.2) is 4.99 Å². The van der Waals surface area contributed by atoms with Crippen LogP contribution in [0, 0.1) is 0 Å². The van der Waals surface area contributed by atoms with Crippen molar-refractivity contribution in [1.82, 2.24) is 4.90 Å². The van der Waals surface area contributed by atoms with Crippen LogP contribution in [0.15, 0.2) is 17.1 Å². The van der Waals surface area contributed by atoms with Gasteiger partial charge in [0.15, 0.2) is 11.5 Å². The van der Waals surface area contributed by atoms with Crippen molar-refractivity contribution in [1.29, 1.82) is 0 Å². The van der Waals surface area contributed by atoms with Crippen molar-refractivity contribution in [3.63, 3.8) is 0 Å². The second-order valence-corrected chi connectivity index (χ2v) is 7.09. The van der Waals surface area contributed by atoms with E-state index in [4.69, 9.17) is 15.2 Å². The first-order valence-corrected chi connectivity index (χ1v) is 9.57. The number of hydrogen-bond donors (Lipinski definition) is 1. The fraction of sp³-hybridized carbons (Fsp3) is 0.650. The van der Waals surface area contributed by atoms with Gasteiger partial charge in [0.05, 0.1) is 24.8 Å². The quantitative estimate of drug-likeness (QED) is 0.695. The summed E-state index contributed by atoms with van der Waals surface area (Å²) in [6.45, 7) is 8.43. The molecule has 5 nitrogen and oxygen atoms in total. The molecule has 3 rings (SSSR count). The maximum atomic E-state index is 6.23. The molecule has 1 spiro atoms. The van der Waals surface area contributed by atoms with E-state index in [2.05, 4.69) is 29.8 Å². The molecule has 138 valence electrons. The van der Waals surface area contributed by atoms with Gasteiger partial charge in [0.1, 0.15) is 5.84 Å². The summed E-state index contributed by atoms with van der Waals surface area (Å²) in [6.07, 6.45) is 5.59. The molecule has 2 N–H and O–H groups in total. The van der Waals surface area contributed by atoms with Crippen molar-refractivity contribution in [2.75, 3.05) is 33.4 Å². The molecule has 0 unspecified atom stereocenters. The third kappa shape index (κ3) is 3.34. The van der Waals surface area contributed by atoms with Gasteiger partial charge in [-0.05, 0) is 50.4 Å². The molecule has 1 aliphatic carbocycles. The third-order valence-corrected chi connectivity index (χ3v) is 5.60. The molecule has 1 aromatic carbocycles. The molecule has 5 heteroatoms. The summed E-state index contributed by atoms with van der Waals surface area (Å²) in [6, 6.07) is 4.08.